The number of rotatable bonds is 9. The van der Waals surface area contributed by atoms with Crippen LogP contribution in [0.3, 0.4) is 0 Å². The Bertz CT molecular complexity index is 433. The van der Waals surface area contributed by atoms with E-state index in [1.54, 1.807) is 14.0 Å². The Morgan fingerprint density at radius 3 is 2.71 bits per heavy atom. The van der Waals surface area contributed by atoms with Crippen molar-refractivity contribution >= 4 is 5.97 Å². The van der Waals surface area contributed by atoms with E-state index in [1.165, 1.54) is 12.7 Å². The molecule has 0 bridgehead atoms. The van der Waals surface area contributed by atoms with Crippen LogP contribution in [0.1, 0.15) is 59.3 Å². The topological polar surface area (TPSA) is 54.0 Å². The second kappa shape index (κ2) is 10.6. The molecule has 5 heteroatoms. The Labute approximate surface area is 145 Å². The van der Waals surface area contributed by atoms with Gasteiger partial charge in [-0.15, -0.1) is 0 Å². The minimum Gasteiger partial charge on any atom is -0.469 e. The van der Waals surface area contributed by atoms with Crippen molar-refractivity contribution in [2.45, 2.75) is 71.2 Å². The first kappa shape index (κ1) is 20.9. The fourth-order valence-electron chi connectivity index (χ4n) is 2.83. The van der Waals surface area contributed by atoms with Gasteiger partial charge in [0, 0.05) is 20.0 Å². The van der Waals surface area contributed by atoms with Gasteiger partial charge in [0.15, 0.2) is 0 Å². The molecule has 0 saturated carbocycles. The quantitative estimate of drug-likeness (QED) is 0.271. The first-order valence-corrected chi connectivity index (χ1v) is 8.78. The summed E-state index contributed by atoms with van der Waals surface area (Å²) in [7, 11) is 3.02. The number of allylic oxidation sites excluding steroid dienone is 4. The minimum absolute atomic E-state index is 0.283. The summed E-state index contributed by atoms with van der Waals surface area (Å²) in [5.41, 5.74) is 1.29. The van der Waals surface area contributed by atoms with Crippen molar-refractivity contribution in [3.8, 4) is 0 Å². The molecule has 0 N–H and O–H groups in total. The first-order valence-electron chi connectivity index (χ1n) is 8.78. The zero-order valence-corrected chi connectivity index (χ0v) is 15.7. The number of methoxy groups -OCH3 is 2. The van der Waals surface area contributed by atoms with E-state index in [0.717, 1.165) is 25.7 Å². The monoisotopic (exact) mass is 340 g/mol. The van der Waals surface area contributed by atoms with Crippen LogP contribution in [0.2, 0.25) is 0 Å². The van der Waals surface area contributed by atoms with Crippen LogP contribution in [0.25, 0.3) is 0 Å². The van der Waals surface area contributed by atoms with E-state index < -0.39 is 5.79 Å². The summed E-state index contributed by atoms with van der Waals surface area (Å²) in [6.07, 6.45) is 11.4. The van der Waals surface area contributed by atoms with Crippen molar-refractivity contribution in [2.24, 2.45) is 5.92 Å². The van der Waals surface area contributed by atoms with Gasteiger partial charge in [-0.25, -0.2) is 9.78 Å². The SMILES string of the molecule is CCC=C(C)C=CCCCC1(OC)CCC(C(C)C(=O)OC)OO1. The molecule has 0 radical (unpaired) electrons. The third-order valence-electron chi connectivity index (χ3n) is 4.47. The van der Waals surface area contributed by atoms with Gasteiger partial charge in [0.25, 0.3) is 0 Å². The first-order chi connectivity index (χ1) is 11.5. The molecule has 1 heterocycles. The number of hydrogen-bond acceptors (Lipinski definition) is 5. The predicted octanol–water partition coefficient (Wildman–Crippen LogP) is 4.33. The van der Waals surface area contributed by atoms with Gasteiger partial charge in [-0.05, 0) is 39.5 Å². The lowest BCUT2D eigenvalue weighted by atomic mass is 9.94. The van der Waals surface area contributed by atoms with Gasteiger partial charge in [-0.3, -0.25) is 4.79 Å². The molecular weight excluding hydrogens is 308 g/mol. The zero-order valence-electron chi connectivity index (χ0n) is 15.7. The van der Waals surface area contributed by atoms with E-state index in [1.807, 2.05) is 0 Å². The molecule has 5 nitrogen and oxygen atoms in total. The molecule has 1 rings (SSSR count). The Hall–Kier alpha value is -1.17. The normalized spacial score (nSPS) is 26.5. The molecule has 1 saturated heterocycles. The van der Waals surface area contributed by atoms with Crippen molar-refractivity contribution in [2.75, 3.05) is 14.2 Å². The molecule has 0 aromatic heterocycles. The van der Waals surface area contributed by atoms with Crippen LogP contribution >= 0.6 is 0 Å². The lowest BCUT2D eigenvalue weighted by Gasteiger charge is -2.38. The molecular formula is C19H32O5. The zero-order chi connectivity index (χ0) is 18.0. The van der Waals surface area contributed by atoms with Crippen LogP contribution in [0.15, 0.2) is 23.8 Å². The molecule has 0 amide bonds. The fourth-order valence-corrected chi connectivity index (χ4v) is 2.83. The van der Waals surface area contributed by atoms with Crippen LogP contribution in [0.4, 0.5) is 0 Å². The second-order valence-corrected chi connectivity index (χ2v) is 6.33. The Balaban J connectivity index is 2.41. The molecule has 24 heavy (non-hydrogen) atoms. The van der Waals surface area contributed by atoms with Gasteiger partial charge >= 0.3 is 5.97 Å². The van der Waals surface area contributed by atoms with Crippen molar-refractivity contribution < 1.29 is 24.0 Å². The Morgan fingerprint density at radius 2 is 2.17 bits per heavy atom. The highest BCUT2D eigenvalue weighted by molar-refractivity contribution is 5.72. The number of esters is 1. The Morgan fingerprint density at radius 1 is 1.42 bits per heavy atom. The summed E-state index contributed by atoms with van der Waals surface area (Å²) < 4.78 is 10.3. The highest BCUT2D eigenvalue weighted by Gasteiger charge is 2.41. The van der Waals surface area contributed by atoms with Gasteiger partial charge in [0.2, 0.25) is 5.79 Å². The van der Waals surface area contributed by atoms with Gasteiger partial charge < -0.3 is 9.47 Å². The van der Waals surface area contributed by atoms with Gasteiger partial charge in [0.1, 0.15) is 6.10 Å². The molecule has 0 aliphatic carbocycles. The number of unbranched alkanes of at least 4 members (excludes halogenated alkanes) is 1. The summed E-state index contributed by atoms with van der Waals surface area (Å²) >= 11 is 0. The van der Waals surface area contributed by atoms with Crippen molar-refractivity contribution in [3.63, 3.8) is 0 Å². The predicted molar refractivity (Wildman–Crippen MR) is 93.2 cm³/mol. The summed E-state index contributed by atoms with van der Waals surface area (Å²) in [5.74, 6) is -1.34. The summed E-state index contributed by atoms with van der Waals surface area (Å²) in [4.78, 5) is 22.6. The number of carbonyl (C=O) groups excluding carboxylic acids is 1. The summed E-state index contributed by atoms with van der Waals surface area (Å²) in [6, 6.07) is 0. The molecule has 3 unspecified atom stereocenters. The standard InChI is InChI=1S/C19H32O5/c1-6-10-15(2)11-8-7-9-13-19(22-5)14-12-17(23-24-19)16(3)18(20)21-4/h8,10-11,16-17H,6-7,9,12-14H2,1-5H3. The highest BCUT2D eigenvalue weighted by atomic mass is 17.2. The molecule has 0 aromatic rings. The van der Waals surface area contributed by atoms with Crippen LogP contribution in [-0.2, 0) is 24.0 Å². The largest absolute Gasteiger partial charge is 0.469 e. The third-order valence-corrected chi connectivity index (χ3v) is 4.47. The van der Waals surface area contributed by atoms with E-state index in [4.69, 9.17) is 19.2 Å². The maximum Gasteiger partial charge on any atom is 0.311 e. The average Bonchev–Trinajstić information content (AvgIpc) is 2.61. The highest BCUT2D eigenvalue weighted by Crippen LogP contribution is 2.34. The summed E-state index contributed by atoms with van der Waals surface area (Å²) in [6.45, 7) is 6.03. The molecule has 1 aliphatic rings. The molecule has 1 aliphatic heterocycles. The van der Waals surface area contributed by atoms with Gasteiger partial charge in [-0.2, -0.15) is 0 Å². The number of ether oxygens (including phenoxy) is 2. The van der Waals surface area contributed by atoms with E-state index in [0.29, 0.717) is 12.8 Å². The molecule has 0 aromatic carbocycles. The van der Waals surface area contributed by atoms with Crippen molar-refractivity contribution in [1.82, 2.24) is 0 Å². The van der Waals surface area contributed by atoms with E-state index >= 15 is 0 Å². The molecule has 138 valence electrons. The smallest absolute Gasteiger partial charge is 0.311 e. The minimum atomic E-state index is -0.714. The Kier molecular flexibility index (Phi) is 9.26. The maximum absolute atomic E-state index is 11.6. The van der Waals surface area contributed by atoms with Crippen molar-refractivity contribution in [3.05, 3.63) is 23.8 Å². The van der Waals surface area contributed by atoms with Gasteiger partial charge in [0.05, 0.1) is 13.0 Å². The average molecular weight is 340 g/mol. The molecule has 3 atom stereocenters. The van der Waals surface area contributed by atoms with E-state index in [-0.39, 0.29) is 18.0 Å². The lowest BCUT2D eigenvalue weighted by Crippen LogP contribution is -2.44. The summed E-state index contributed by atoms with van der Waals surface area (Å²) in [5, 5.41) is 0. The van der Waals surface area contributed by atoms with Crippen LogP contribution in [0, 0.1) is 5.92 Å². The third kappa shape index (κ3) is 6.38. The van der Waals surface area contributed by atoms with Crippen LogP contribution in [-0.4, -0.2) is 32.1 Å². The van der Waals surface area contributed by atoms with Crippen molar-refractivity contribution in [1.29, 1.82) is 0 Å². The van der Waals surface area contributed by atoms with Gasteiger partial charge in [-0.1, -0.05) is 30.7 Å². The van der Waals surface area contributed by atoms with E-state index in [9.17, 15) is 4.79 Å². The number of carbonyl (C=O) groups is 1. The van der Waals surface area contributed by atoms with Crippen LogP contribution in [0.5, 0.6) is 0 Å². The molecule has 0 spiro atoms. The maximum atomic E-state index is 11.6. The fraction of sp³-hybridized carbons (Fsp3) is 0.737. The van der Waals surface area contributed by atoms with Crippen LogP contribution < -0.4 is 0 Å². The van der Waals surface area contributed by atoms with E-state index in [2.05, 4.69) is 32.1 Å². The second-order valence-electron chi connectivity index (χ2n) is 6.33. The lowest BCUT2D eigenvalue weighted by molar-refractivity contribution is -0.469. The number of hydrogen-bond donors (Lipinski definition) is 0. The molecule has 1 fully saturated rings.